The van der Waals surface area contributed by atoms with Gasteiger partial charge in [-0.2, -0.15) is 0 Å². The topological polar surface area (TPSA) is 181 Å². The van der Waals surface area contributed by atoms with Crippen molar-refractivity contribution in [1.29, 1.82) is 0 Å². The summed E-state index contributed by atoms with van der Waals surface area (Å²) in [6, 6.07) is 1.29. The summed E-state index contributed by atoms with van der Waals surface area (Å²) in [6.07, 6.45) is 3.13. The van der Waals surface area contributed by atoms with Crippen molar-refractivity contribution in [2.75, 3.05) is 18.6 Å². The zero-order chi connectivity index (χ0) is 20.1. The van der Waals surface area contributed by atoms with Crippen LogP contribution in [-0.4, -0.2) is 57.4 Å². The van der Waals surface area contributed by atoms with Crippen molar-refractivity contribution in [2.24, 2.45) is 11.5 Å². The first-order chi connectivity index (χ1) is 12.8. The van der Waals surface area contributed by atoms with Gasteiger partial charge in [0, 0.05) is 37.4 Å². The number of imidazole rings is 1. The molecule has 0 radical (unpaired) electrons. The van der Waals surface area contributed by atoms with E-state index in [1.54, 1.807) is 6.20 Å². The second-order valence-electron chi connectivity index (χ2n) is 5.88. The van der Waals surface area contributed by atoms with Gasteiger partial charge < -0.3 is 26.5 Å². The third kappa shape index (κ3) is 4.53. The van der Waals surface area contributed by atoms with E-state index in [0.717, 1.165) is 11.0 Å². The lowest BCUT2D eigenvalue weighted by Gasteiger charge is -2.23. The van der Waals surface area contributed by atoms with E-state index in [-0.39, 0.29) is 23.4 Å². The largest absolute Gasteiger partial charge is 0.394 e. The van der Waals surface area contributed by atoms with Crippen LogP contribution in [0, 0.1) is 10.1 Å². The van der Waals surface area contributed by atoms with E-state index in [2.05, 4.69) is 9.97 Å². The molecule has 0 aliphatic carbocycles. The molecule has 1 aromatic carbocycles. The molecule has 2 rings (SSSR count). The molecule has 1 heterocycles. The van der Waals surface area contributed by atoms with Gasteiger partial charge in [0.25, 0.3) is 5.69 Å². The van der Waals surface area contributed by atoms with Crippen molar-refractivity contribution in [3.63, 3.8) is 0 Å². The van der Waals surface area contributed by atoms with Crippen LogP contribution in [0.1, 0.15) is 16.1 Å². The van der Waals surface area contributed by atoms with Gasteiger partial charge in [-0.05, 0) is 6.07 Å². The maximum Gasteiger partial charge on any atom is 0.270 e. The van der Waals surface area contributed by atoms with E-state index in [0.29, 0.717) is 5.69 Å². The Morgan fingerprint density at radius 1 is 1.37 bits per heavy atom. The summed E-state index contributed by atoms with van der Waals surface area (Å²) in [4.78, 5) is 43.3. The molecule has 0 fully saturated rings. The summed E-state index contributed by atoms with van der Waals surface area (Å²) in [5.74, 6) is -1.24. The van der Waals surface area contributed by atoms with E-state index in [4.69, 9.17) is 16.6 Å². The number of amides is 1. The Hall–Kier alpha value is -3.15. The number of nitrogens with zero attached hydrogens (tertiary/aromatic N) is 3. The Morgan fingerprint density at radius 2 is 2.07 bits per heavy atom. The molecule has 144 valence electrons. The van der Waals surface area contributed by atoms with Gasteiger partial charge in [-0.15, -0.1) is 0 Å². The molecule has 1 amide bonds. The van der Waals surface area contributed by atoms with Crippen LogP contribution in [0.2, 0.25) is 0 Å². The summed E-state index contributed by atoms with van der Waals surface area (Å²) in [6.45, 7) is -0.585. The highest BCUT2D eigenvalue weighted by molar-refractivity contribution is 6.09. The number of H-pyrrole nitrogens is 1. The summed E-state index contributed by atoms with van der Waals surface area (Å²) >= 11 is 0. The molecule has 27 heavy (non-hydrogen) atoms. The number of rotatable bonds is 8. The molecular formula is C16H20N6O5. The molecule has 11 nitrogen and oxygen atoms in total. The van der Waals surface area contributed by atoms with E-state index >= 15 is 0 Å². The molecule has 11 heteroatoms. The number of hydrogen-bond donors (Lipinski definition) is 4. The number of carbonyl (C=O) groups excluding carboxylic acids is 2. The number of aromatic amines is 1. The van der Waals surface area contributed by atoms with Gasteiger partial charge >= 0.3 is 0 Å². The predicted octanol–water partition coefficient (Wildman–Crippen LogP) is -0.647. The highest BCUT2D eigenvalue weighted by Gasteiger charge is 2.27. The first-order valence-corrected chi connectivity index (χ1v) is 7.96. The van der Waals surface area contributed by atoms with Crippen molar-refractivity contribution in [3.05, 3.63) is 52.1 Å². The van der Waals surface area contributed by atoms with E-state index in [1.165, 1.54) is 25.5 Å². The lowest BCUT2D eigenvalue weighted by molar-refractivity contribution is -0.384. The van der Waals surface area contributed by atoms with Crippen molar-refractivity contribution >= 4 is 23.1 Å². The molecule has 0 saturated heterocycles. The number of nitro benzene ring substituents is 1. The molecule has 2 atom stereocenters. The first kappa shape index (κ1) is 20.2. The summed E-state index contributed by atoms with van der Waals surface area (Å²) in [7, 11) is 1.36. The standard InChI is InChI=1S/C16H20N6O5/c1-21(16(25)13(18)7-23)14-3-2-10(22(26)27)5-11(14)15(24)12(17)4-9-6-19-8-20-9/h2-3,5-6,8,12-13,23H,4,7,17-18H2,1H3,(H,19,20). The highest BCUT2D eigenvalue weighted by Crippen LogP contribution is 2.27. The number of carbonyl (C=O) groups is 2. The lowest BCUT2D eigenvalue weighted by atomic mass is 9.98. The number of nitrogens with one attached hydrogen (secondary N) is 1. The third-order valence-corrected chi connectivity index (χ3v) is 3.98. The number of hydrogen-bond acceptors (Lipinski definition) is 8. The molecule has 2 aromatic rings. The van der Waals surface area contributed by atoms with Crippen LogP contribution in [0.15, 0.2) is 30.7 Å². The number of benzene rings is 1. The minimum absolute atomic E-state index is 0.0896. The number of Topliss-reactive ketones (excluding diaryl/α,β-unsaturated/α-hetero) is 1. The molecule has 2 unspecified atom stereocenters. The van der Waals surface area contributed by atoms with Gasteiger partial charge in [0.05, 0.1) is 35.3 Å². The quantitative estimate of drug-likeness (QED) is 0.266. The molecule has 0 saturated carbocycles. The van der Waals surface area contributed by atoms with Crippen LogP contribution in [0.3, 0.4) is 0 Å². The molecule has 0 spiro atoms. The van der Waals surface area contributed by atoms with Gasteiger partial charge in [0.2, 0.25) is 5.91 Å². The minimum Gasteiger partial charge on any atom is -0.394 e. The Morgan fingerprint density at radius 3 is 2.63 bits per heavy atom. The number of aliphatic hydroxyl groups is 1. The number of nitrogens with two attached hydrogens (primary N) is 2. The maximum absolute atomic E-state index is 12.8. The van der Waals surface area contributed by atoms with E-state index < -0.39 is 35.3 Å². The molecule has 0 aliphatic heterocycles. The zero-order valence-electron chi connectivity index (χ0n) is 14.5. The molecular weight excluding hydrogens is 356 g/mol. The number of non-ortho nitro benzene ring substituents is 1. The van der Waals surface area contributed by atoms with Gasteiger partial charge in [0.1, 0.15) is 6.04 Å². The smallest absolute Gasteiger partial charge is 0.270 e. The Labute approximate surface area is 154 Å². The van der Waals surface area contributed by atoms with Gasteiger partial charge in [0.15, 0.2) is 5.78 Å². The van der Waals surface area contributed by atoms with Crippen LogP contribution in [-0.2, 0) is 11.2 Å². The Balaban J connectivity index is 2.41. The zero-order valence-corrected chi connectivity index (χ0v) is 14.5. The molecule has 6 N–H and O–H groups in total. The van der Waals surface area contributed by atoms with Crippen LogP contribution in [0.25, 0.3) is 0 Å². The summed E-state index contributed by atoms with van der Waals surface area (Å²) in [5, 5.41) is 20.2. The van der Waals surface area contributed by atoms with Gasteiger partial charge in [-0.3, -0.25) is 19.7 Å². The average Bonchev–Trinajstić information content (AvgIpc) is 3.17. The summed E-state index contributed by atoms with van der Waals surface area (Å²) < 4.78 is 0. The van der Waals surface area contributed by atoms with Crippen molar-refractivity contribution in [2.45, 2.75) is 18.5 Å². The van der Waals surface area contributed by atoms with Gasteiger partial charge in [-0.1, -0.05) is 0 Å². The van der Waals surface area contributed by atoms with Crippen molar-refractivity contribution < 1.29 is 19.6 Å². The number of aliphatic hydroxyl groups excluding tert-OH is 1. The summed E-state index contributed by atoms with van der Waals surface area (Å²) in [5.41, 5.74) is 11.7. The van der Waals surface area contributed by atoms with E-state index in [1.807, 2.05) is 0 Å². The van der Waals surface area contributed by atoms with Crippen molar-refractivity contribution in [3.8, 4) is 0 Å². The van der Waals surface area contributed by atoms with Gasteiger partial charge in [-0.25, -0.2) is 4.98 Å². The highest BCUT2D eigenvalue weighted by atomic mass is 16.6. The second kappa shape index (κ2) is 8.49. The monoisotopic (exact) mass is 376 g/mol. The maximum atomic E-state index is 12.8. The second-order valence-corrected chi connectivity index (χ2v) is 5.88. The Kier molecular flexibility index (Phi) is 6.34. The SMILES string of the molecule is CN(C(=O)C(N)CO)c1ccc([N+](=O)[O-])cc1C(=O)C(N)Cc1c[nH]cn1. The van der Waals surface area contributed by atoms with E-state index in [9.17, 15) is 19.7 Å². The van der Waals surface area contributed by atoms with Crippen LogP contribution in [0.4, 0.5) is 11.4 Å². The fourth-order valence-electron chi connectivity index (χ4n) is 2.49. The van der Waals surface area contributed by atoms with Crippen LogP contribution in [0.5, 0.6) is 0 Å². The normalized spacial score (nSPS) is 13.0. The molecule has 0 bridgehead atoms. The predicted molar refractivity (Wildman–Crippen MR) is 96.2 cm³/mol. The lowest BCUT2D eigenvalue weighted by Crippen LogP contribution is -2.45. The number of aromatic nitrogens is 2. The molecule has 0 aliphatic rings. The number of likely N-dealkylation sites (N-methyl/N-ethyl adjacent to an activating group) is 1. The van der Waals surface area contributed by atoms with Crippen LogP contribution < -0.4 is 16.4 Å². The van der Waals surface area contributed by atoms with Crippen LogP contribution >= 0.6 is 0 Å². The molecule has 1 aromatic heterocycles. The third-order valence-electron chi connectivity index (χ3n) is 3.98. The number of nitro groups is 1. The van der Waals surface area contributed by atoms with Crippen molar-refractivity contribution in [1.82, 2.24) is 9.97 Å². The fraction of sp³-hybridized carbons (Fsp3) is 0.312. The minimum atomic E-state index is -1.19. The number of anilines is 1. The fourth-order valence-corrected chi connectivity index (χ4v) is 2.49. The average molecular weight is 376 g/mol. The Bertz CT molecular complexity index is 838. The first-order valence-electron chi connectivity index (χ1n) is 7.96. The number of ketones is 1.